The van der Waals surface area contributed by atoms with Crippen molar-refractivity contribution in [2.24, 2.45) is 5.92 Å². The van der Waals surface area contributed by atoms with Crippen molar-refractivity contribution < 1.29 is 0 Å². The van der Waals surface area contributed by atoms with Gasteiger partial charge in [0.05, 0.1) is 0 Å². The van der Waals surface area contributed by atoms with Crippen molar-refractivity contribution in [3.8, 4) is 0 Å². The second-order valence-electron chi connectivity index (χ2n) is 5.58. The van der Waals surface area contributed by atoms with Crippen molar-refractivity contribution in [3.05, 3.63) is 34.3 Å². The van der Waals surface area contributed by atoms with E-state index in [9.17, 15) is 0 Å². The fraction of sp³-hybridized carbons (Fsp3) is 0.600. The Labute approximate surface area is 139 Å². The van der Waals surface area contributed by atoms with Gasteiger partial charge in [-0.2, -0.15) is 0 Å². The van der Waals surface area contributed by atoms with Gasteiger partial charge in [0.1, 0.15) is 0 Å². The minimum absolute atomic E-state index is 0. The highest BCUT2D eigenvalue weighted by atomic mass is 35.5. The molecular weight excluding hydrogens is 315 g/mol. The number of aryl methyl sites for hydroxylation is 1. The van der Waals surface area contributed by atoms with Crippen LogP contribution in [-0.4, -0.2) is 31.1 Å². The molecule has 1 aliphatic carbocycles. The number of nitrogens with one attached hydrogen (secondary N) is 1. The molecule has 2 nitrogen and oxygen atoms in total. The number of halogens is 3. The lowest BCUT2D eigenvalue weighted by atomic mass is 9.98. The predicted octanol–water partition coefficient (Wildman–Crippen LogP) is 3.85. The molecule has 1 aromatic rings. The molecule has 1 saturated carbocycles. The van der Waals surface area contributed by atoms with Gasteiger partial charge in [-0.25, -0.2) is 0 Å². The number of benzene rings is 1. The highest BCUT2D eigenvalue weighted by Gasteiger charge is 2.36. The number of hydrogen-bond donors (Lipinski definition) is 1. The van der Waals surface area contributed by atoms with E-state index in [0.29, 0.717) is 6.04 Å². The number of nitrogens with zero attached hydrogens (tertiary/aromatic N) is 1. The van der Waals surface area contributed by atoms with Crippen molar-refractivity contribution in [2.45, 2.75) is 25.8 Å². The zero-order valence-electron chi connectivity index (χ0n) is 11.8. The SMILES string of the molecule is Cc1ccc([C@H](C2CC2)N2CCNCC2)cc1Cl.Cl.Cl. The van der Waals surface area contributed by atoms with Crippen LogP contribution in [-0.2, 0) is 0 Å². The number of hydrogen-bond acceptors (Lipinski definition) is 2. The normalized spacial score (nSPS) is 20.7. The molecule has 0 aromatic heterocycles. The van der Waals surface area contributed by atoms with Gasteiger partial charge in [-0.15, -0.1) is 24.8 Å². The average Bonchev–Trinajstić information content (AvgIpc) is 3.20. The summed E-state index contributed by atoms with van der Waals surface area (Å²) >= 11 is 6.29. The van der Waals surface area contributed by atoms with Crippen LogP contribution in [0.2, 0.25) is 5.02 Å². The Morgan fingerprint density at radius 1 is 1.20 bits per heavy atom. The Balaban J connectivity index is 0.000001000. The van der Waals surface area contributed by atoms with Crippen molar-refractivity contribution in [1.82, 2.24) is 10.2 Å². The van der Waals surface area contributed by atoms with Crippen LogP contribution in [0.1, 0.15) is 30.0 Å². The van der Waals surface area contributed by atoms with Crippen molar-refractivity contribution in [2.75, 3.05) is 26.2 Å². The molecule has 3 rings (SSSR count). The van der Waals surface area contributed by atoms with E-state index < -0.39 is 0 Å². The van der Waals surface area contributed by atoms with Crippen LogP contribution in [0.5, 0.6) is 0 Å². The molecule has 0 radical (unpaired) electrons. The van der Waals surface area contributed by atoms with E-state index in [0.717, 1.165) is 37.1 Å². The molecule has 20 heavy (non-hydrogen) atoms. The lowest BCUT2D eigenvalue weighted by Gasteiger charge is -2.35. The molecule has 2 aliphatic rings. The first-order valence-electron chi connectivity index (χ1n) is 6.96. The fourth-order valence-corrected chi connectivity index (χ4v) is 3.14. The highest BCUT2D eigenvalue weighted by Crippen LogP contribution is 2.45. The predicted molar refractivity (Wildman–Crippen MR) is 90.6 cm³/mol. The summed E-state index contributed by atoms with van der Waals surface area (Å²) in [4.78, 5) is 2.63. The highest BCUT2D eigenvalue weighted by molar-refractivity contribution is 6.31. The van der Waals surface area contributed by atoms with Gasteiger partial charge in [-0.3, -0.25) is 4.90 Å². The van der Waals surface area contributed by atoms with Crippen molar-refractivity contribution in [3.63, 3.8) is 0 Å². The maximum atomic E-state index is 6.29. The molecular formula is C15H23Cl3N2. The smallest absolute Gasteiger partial charge is 0.0438 e. The van der Waals surface area contributed by atoms with E-state index in [1.807, 2.05) is 0 Å². The molecule has 1 N–H and O–H groups in total. The molecule has 1 saturated heterocycles. The molecule has 0 bridgehead atoms. The first kappa shape index (κ1) is 18.1. The van der Waals surface area contributed by atoms with Crippen LogP contribution in [0.15, 0.2) is 18.2 Å². The third-order valence-corrected chi connectivity index (χ3v) is 4.56. The summed E-state index contributed by atoms with van der Waals surface area (Å²) in [5.74, 6) is 0.849. The summed E-state index contributed by atoms with van der Waals surface area (Å²) in [7, 11) is 0. The Morgan fingerprint density at radius 2 is 1.85 bits per heavy atom. The first-order valence-corrected chi connectivity index (χ1v) is 7.34. The molecule has 0 unspecified atom stereocenters. The molecule has 1 aromatic carbocycles. The maximum absolute atomic E-state index is 6.29. The summed E-state index contributed by atoms with van der Waals surface area (Å²) in [6, 6.07) is 7.20. The van der Waals surface area contributed by atoms with E-state index in [1.54, 1.807) is 0 Å². The van der Waals surface area contributed by atoms with Gasteiger partial charge in [-0.05, 0) is 42.9 Å². The van der Waals surface area contributed by atoms with Gasteiger partial charge in [0.25, 0.3) is 0 Å². The minimum Gasteiger partial charge on any atom is -0.314 e. The Bertz CT molecular complexity index is 429. The molecule has 2 fully saturated rings. The first-order chi connectivity index (χ1) is 8.75. The van der Waals surface area contributed by atoms with Gasteiger partial charge in [0.2, 0.25) is 0 Å². The van der Waals surface area contributed by atoms with E-state index >= 15 is 0 Å². The van der Waals surface area contributed by atoms with E-state index in [-0.39, 0.29) is 24.8 Å². The number of rotatable bonds is 3. The second-order valence-corrected chi connectivity index (χ2v) is 5.98. The van der Waals surface area contributed by atoms with Crippen molar-refractivity contribution >= 4 is 36.4 Å². The molecule has 1 atom stereocenters. The van der Waals surface area contributed by atoms with Gasteiger partial charge in [0.15, 0.2) is 0 Å². The average molecular weight is 338 g/mol. The van der Waals surface area contributed by atoms with Crippen LogP contribution in [0, 0.1) is 12.8 Å². The van der Waals surface area contributed by atoms with E-state index in [2.05, 4.69) is 35.3 Å². The van der Waals surface area contributed by atoms with Gasteiger partial charge >= 0.3 is 0 Å². The maximum Gasteiger partial charge on any atom is 0.0438 e. The number of piperazine rings is 1. The fourth-order valence-electron chi connectivity index (χ4n) is 2.95. The largest absolute Gasteiger partial charge is 0.314 e. The molecule has 1 heterocycles. The summed E-state index contributed by atoms with van der Waals surface area (Å²) < 4.78 is 0. The zero-order chi connectivity index (χ0) is 12.5. The second kappa shape index (κ2) is 7.86. The van der Waals surface area contributed by atoms with E-state index in [1.165, 1.54) is 24.0 Å². The summed E-state index contributed by atoms with van der Waals surface area (Å²) in [6.07, 6.45) is 2.75. The quantitative estimate of drug-likeness (QED) is 0.901. The summed E-state index contributed by atoms with van der Waals surface area (Å²) in [6.45, 7) is 6.62. The summed E-state index contributed by atoms with van der Waals surface area (Å²) in [5, 5.41) is 4.34. The van der Waals surface area contributed by atoms with Crippen LogP contribution in [0.4, 0.5) is 0 Å². The molecule has 5 heteroatoms. The standard InChI is InChI=1S/C15H21ClN2.2ClH/c1-11-2-3-13(10-14(11)16)15(12-4-5-12)18-8-6-17-7-9-18;;/h2-3,10,12,15,17H,4-9H2,1H3;2*1H/t15-;;/m0../s1. The molecule has 1 aliphatic heterocycles. The Kier molecular flexibility index (Phi) is 7.10. The topological polar surface area (TPSA) is 15.3 Å². The van der Waals surface area contributed by atoms with Gasteiger partial charge in [0, 0.05) is 37.2 Å². The van der Waals surface area contributed by atoms with E-state index in [4.69, 9.17) is 11.6 Å². The monoisotopic (exact) mass is 336 g/mol. The van der Waals surface area contributed by atoms with Crippen LogP contribution < -0.4 is 5.32 Å². The molecule has 114 valence electrons. The van der Waals surface area contributed by atoms with Gasteiger partial charge in [-0.1, -0.05) is 23.7 Å². The molecule has 0 spiro atoms. The van der Waals surface area contributed by atoms with Crippen LogP contribution in [0.25, 0.3) is 0 Å². The minimum atomic E-state index is 0. The van der Waals surface area contributed by atoms with Gasteiger partial charge < -0.3 is 5.32 Å². The Hall–Kier alpha value is 0.01000. The Morgan fingerprint density at radius 3 is 2.40 bits per heavy atom. The lowest BCUT2D eigenvalue weighted by Crippen LogP contribution is -2.45. The third kappa shape index (κ3) is 4.02. The third-order valence-electron chi connectivity index (χ3n) is 4.15. The van der Waals surface area contributed by atoms with Crippen molar-refractivity contribution in [1.29, 1.82) is 0 Å². The van der Waals surface area contributed by atoms with Crippen LogP contribution in [0.3, 0.4) is 0 Å². The molecule has 0 amide bonds. The van der Waals surface area contributed by atoms with Crippen LogP contribution >= 0.6 is 36.4 Å². The zero-order valence-corrected chi connectivity index (χ0v) is 14.2. The summed E-state index contributed by atoms with van der Waals surface area (Å²) in [5.41, 5.74) is 2.59. The lowest BCUT2D eigenvalue weighted by molar-refractivity contribution is 0.156.